The zero-order valence-corrected chi connectivity index (χ0v) is 12.7. The first kappa shape index (κ1) is 14.7. The summed E-state index contributed by atoms with van der Waals surface area (Å²) in [5, 5.41) is 8.20. The van der Waals surface area contributed by atoms with E-state index < -0.39 is 11.7 Å². The number of rotatable bonds is 3. The van der Waals surface area contributed by atoms with Crippen molar-refractivity contribution in [1.82, 2.24) is 14.6 Å². The Labute approximate surface area is 130 Å². The van der Waals surface area contributed by atoms with Gasteiger partial charge in [0.1, 0.15) is 0 Å². The lowest BCUT2D eigenvalue weighted by Gasteiger charge is -2.07. The SMILES string of the molecule is FC(F)(F)c1ccc2nnc(SCc3ccc(Cl)s3)n2c1. The molecule has 0 atom stereocenters. The van der Waals surface area contributed by atoms with Gasteiger partial charge in [-0.05, 0) is 24.3 Å². The van der Waals surface area contributed by atoms with Crippen molar-refractivity contribution in [2.75, 3.05) is 0 Å². The van der Waals surface area contributed by atoms with Crippen molar-refractivity contribution in [3.8, 4) is 0 Å². The Balaban J connectivity index is 1.88. The summed E-state index contributed by atoms with van der Waals surface area (Å²) >= 11 is 8.58. The van der Waals surface area contributed by atoms with E-state index in [-0.39, 0.29) is 0 Å². The number of thiophene rings is 1. The Kier molecular flexibility index (Phi) is 3.85. The second kappa shape index (κ2) is 5.51. The number of pyridine rings is 1. The molecule has 0 radical (unpaired) electrons. The summed E-state index contributed by atoms with van der Waals surface area (Å²) < 4.78 is 40.2. The lowest BCUT2D eigenvalue weighted by molar-refractivity contribution is -0.137. The van der Waals surface area contributed by atoms with Crippen LogP contribution in [-0.2, 0) is 11.9 Å². The van der Waals surface area contributed by atoms with Crippen LogP contribution in [0.15, 0.2) is 35.6 Å². The Bertz CT molecular complexity index is 781. The molecule has 0 amide bonds. The molecular formula is C12H7ClF3N3S2. The predicted molar refractivity (Wildman–Crippen MR) is 76.9 cm³/mol. The molecule has 0 saturated carbocycles. The van der Waals surface area contributed by atoms with E-state index in [1.807, 2.05) is 6.07 Å². The van der Waals surface area contributed by atoms with Crippen LogP contribution in [0.5, 0.6) is 0 Å². The fourth-order valence-electron chi connectivity index (χ4n) is 1.70. The molecule has 3 nitrogen and oxygen atoms in total. The third kappa shape index (κ3) is 3.17. The van der Waals surface area contributed by atoms with Crippen LogP contribution in [0.3, 0.4) is 0 Å². The molecule has 0 unspecified atom stereocenters. The quantitative estimate of drug-likeness (QED) is 0.639. The summed E-state index contributed by atoms with van der Waals surface area (Å²) in [4.78, 5) is 1.02. The lowest BCUT2D eigenvalue weighted by Crippen LogP contribution is -2.06. The molecule has 3 aromatic heterocycles. The highest BCUT2D eigenvalue weighted by atomic mass is 35.5. The maximum absolute atomic E-state index is 12.7. The highest BCUT2D eigenvalue weighted by Crippen LogP contribution is 2.31. The van der Waals surface area contributed by atoms with Crippen molar-refractivity contribution in [3.05, 3.63) is 45.2 Å². The van der Waals surface area contributed by atoms with Crippen molar-refractivity contribution < 1.29 is 13.2 Å². The molecule has 3 rings (SSSR count). The Morgan fingerprint density at radius 1 is 1.19 bits per heavy atom. The summed E-state index contributed by atoms with van der Waals surface area (Å²) in [6, 6.07) is 5.97. The van der Waals surface area contributed by atoms with E-state index in [4.69, 9.17) is 11.6 Å². The fourth-order valence-corrected chi connectivity index (χ4v) is 3.75. The van der Waals surface area contributed by atoms with Crippen molar-refractivity contribution >= 4 is 40.3 Å². The van der Waals surface area contributed by atoms with E-state index in [2.05, 4.69) is 10.2 Å². The number of hydrogen-bond acceptors (Lipinski definition) is 4. The van der Waals surface area contributed by atoms with Gasteiger partial charge in [-0.15, -0.1) is 21.5 Å². The van der Waals surface area contributed by atoms with E-state index in [0.717, 1.165) is 17.1 Å². The number of thioether (sulfide) groups is 1. The molecule has 0 fully saturated rings. The monoisotopic (exact) mass is 349 g/mol. The molecule has 0 aliphatic heterocycles. The molecule has 0 N–H and O–H groups in total. The Hall–Kier alpha value is -1.25. The maximum atomic E-state index is 12.7. The number of nitrogens with zero attached hydrogens (tertiary/aromatic N) is 3. The van der Waals surface area contributed by atoms with Gasteiger partial charge in [0.15, 0.2) is 10.8 Å². The third-order valence-corrected chi connectivity index (χ3v) is 5.08. The molecule has 0 saturated heterocycles. The summed E-state index contributed by atoms with van der Waals surface area (Å²) in [5.41, 5.74) is -0.342. The summed E-state index contributed by atoms with van der Waals surface area (Å²) in [6.45, 7) is 0. The lowest BCUT2D eigenvalue weighted by atomic mass is 10.3. The second-order valence-corrected chi connectivity index (χ2v) is 6.86. The predicted octanol–water partition coefficient (Wildman–Crippen LogP) is 4.76. The average Bonchev–Trinajstić information content (AvgIpc) is 3.01. The first-order valence-electron chi connectivity index (χ1n) is 5.72. The van der Waals surface area contributed by atoms with Crippen LogP contribution in [0.4, 0.5) is 13.2 Å². The van der Waals surface area contributed by atoms with Crippen LogP contribution >= 0.6 is 34.7 Å². The summed E-state index contributed by atoms with van der Waals surface area (Å²) in [5.74, 6) is 0.578. The minimum Gasteiger partial charge on any atom is -0.277 e. The average molecular weight is 350 g/mol. The molecule has 3 heterocycles. The zero-order chi connectivity index (χ0) is 15.0. The number of fused-ring (bicyclic) bond motifs is 1. The van der Waals surface area contributed by atoms with Crippen molar-refractivity contribution in [3.63, 3.8) is 0 Å². The third-order valence-electron chi connectivity index (χ3n) is 2.67. The highest BCUT2D eigenvalue weighted by Gasteiger charge is 2.31. The summed E-state index contributed by atoms with van der Waals surface area (Å²) in [7, 11) is 0. The van der Waals surface area contributed by atoms with Crippen LogP contribution in [0.2, 0.25) is 4.34 Å². The zero-order valence-electron chi connectivity index (χ0n) is 10.3. The van der Waals surface area contributed by atoms with Crippen LogP contribution in [0.25, 0.3) is 5.65 Å². The van der Waals surface area contributed by atoms with Crippen LogP contribution < -0.4 is 0 Å². The van der Waals surface area contributed by atoms with Gasteiger partial charge in [0.05, 0.1) is 9.90 Å². The molecule has 0 aliphatic carbocycles. The molecule has 0 aromatic carbocycles. The van der Waals surface area contributed by atoms with Crippen LogP contribution in [-0.4, -0.2) is 14.6 Å². The van der Waals surface area contributed by atoms with Gasteiger partial charge < -0.3 is 0 Å². The van der Waals surface area contributed by atoms with Gasteiger partial charge in [0.2, 0.25) is 0 Å². The number of hydrogen-bond donors (Lipinski definition) is 0. The Morgan fingerprint density at radius 2 is 2.00 bits per heavy atom. The van der Waals surface area contributed by atoms with Gasteiger partial charge in [-0.2, -0.15) is 13.2 Å². The maximum Gasteiger partial charge on any atom is 0.417 e. The number of halogens is 4. The van der Waals surface area contributed by atoms with E-state index in [1.54, 1.807) is 6.07 Å². The standard InChI is InChI=1S/C12H7ClF3N3S2/c13-9-3-2-8(21-9)6-20-11-18-17-10-4-1-7(5-19(10)11)12(14,15)16/h1-5H,6H2. The van der Waals surface area contributed by atoms with Gasteiger partial charge in [0, 0.05) is 16.8 Å². The number of alkyl halides is 3. The molecule has 3 aromatic rings. The van der Waals surface area contributed by atoms with E-state index in [0.29, 0.717) is 20.9 Å². The first-order chi connectivity index (χ1) is 9.93. The molecule has 0 bridgehead atoms. The van der Waals surface area contributed by atoms with E-state index >= 15 is 0 Å². The van der Waals surface area contributed by atoms with Crippen molar-refractivity contribution in [2.24, 2.45) is 0 Å². The summed E-state index contributed by atoms with van der Waals surface area (Å²) in [6.07, 6.45) is -3.37. The van der Waals surface area contributed by atoms with Gasteiger partial charge >= 0.3 is 6.18 Å². The molecule has 110 valence electrons. The van der Waals surface area contributed by atoms with E-state index in [1.165, 1.54) is 33.6 Å². The largest absolute Gasteiger partial charge is 0.417 e. The first-order valence-corrected chi connectivity index (χ1v) is 7.90. The van der Waals surface area contributed by atoms with Crippen LogP contribution in [0.1, 0.15) is 10.4 Å². The normalized spacial score (nSPS) is 12.2. The van der Waals surface area contributed by atoms with Gasteiger partial charge in [-0.3, -0.25) is 4.40 Å². The Morgan fingerprint density at radius 3 is 2.67 bits per heavy atom. The van der Waals surface area contributed by atoms with Gasteiger partial charge in [0.25, 0.3) is 0 Å². The van der Waals surface area contributed by atoms with Gasteiger partial charge in [-0.25, -0.2) is 0 Å². The fraction of sp³-hybridized carbons (Fsp3) is 0.167. The molecule has 0 aliphatic rings. The van der Waals surface area contributed by atoms with E-state index in [9.17, 15) is 13.2 Å². The van der Waals surface area contributed by atoms with Gasteiger partial charge in [-0.1, -0.05) is 23.4 Å². The van der Waals surface area contributed by atoms with Crippen molar-refractivity contribution in [2.45, 2.75) is 17.1 Å². The smallest absolute Gasteiger partial charge is 0.277 e. The molecule has 21 heavy (non-hydrogen) atoms. The van der Waals surface area contributed by atoms with Crippen LogP contribution in [0, 0.1) is 0 Å². The minimum atomic E-state index is -4.39. The topological polar surface area (TPSA) is 30.2 Å². The molecular weight excluding hydrogens is 343 g/mol. The molecule has 9 heteroatoms. The number of aromatic nitrogens is 3. The second-order valence-electron chi connectivity index (χ2n) is 4.12. The molecule has 0 spiro atoms. The minimum absolute atomic E-state index is 0.384. The highest BCUT2D eigenvalue weighted by molar-refractivity contribution is 7.98. The van der Waals surface area contributed by atoms with Crippen molar-refractivity contribution in [1.29, 1.82) is 0 Å².